The molecule has 0 aromatic heterocycles. The maximum atomic E-state index is 11.7. The van der Waals surface area contributed by atoms with E-state index in [-0.39, 0.29) is 5.78 Å². The molecule has 0 bridgehead atoms. The molecule has 0 amide bonds. The second kappa shape index (κ2) is 3.27. The van der Waals surface area contributed by atoms with Crippen molar-refractivity contribution < 1.29 is 9.59 Å². The van der Waals surface area contributed by atoms with Gasteiger partial charge < -0.3 is 0 Å². The van der Waals surface area contributed by atoms with Crippen LogP contribution < -0.4 is 0 Å². The van der Waals surface area contributed by atoms with Crippen LogP contribution in [0.25, 0.3) is 5.57 Å². The average molecular weight is 210 g/mol. The molecule has 1 aromatic rings. The van der Waals surface area contributed by atoms with Gasteiger partial charge in [-0.05, 0) is 41.7 Å². The van der Waals surface area contributed by atoms with Crippen LogP contribution in [0, 0.1) is 0 Å². The lowest BCUT2D eigenvalue weighted by molar-refractivity contribution is -0.131. The van der Waals surface area contributed by atoms with Crippen LogP contribution in [-0.4, -0.2) is 11.6 Å². The van der Waals surface area contributed by atoms with E-state index in [1.807, 2.05) is 18.2 Å². The molecular formula is C14H10O2. The molecule has 2 nitrogen and oxygen atoms in total. The van der Waals surface area contributed by atoms with E-state index in [1.54, 1.807) is 6.08 Å². The molecule has 0 N–H and O–H groups in total. The van der Waals surface area contributed by atoms with Crippen molar-refractivity contribution in [1.82, 2.24) is 0 Å². The highest BCUT2D eigenvalue weighted by Crippen LogP contribution is 2.34. The van der Waals surface area contributed by atoms with E-state index in [0.29, 0.717) is 12.0 Å². The standard InChI is InChI=1S/C14H10O2/c15-13-8-7-11-10-4-2-1-3-9(10)5-6-12(11)14(13)16/h1-4,7-8H,5-6H2. The number of benzene rings is 1. The quantitative estimate of drug-likeness (QED) is 0.485. The van der Waals surface area contributed by atoms with Crippen LogP contribution >= 0.6 is 0 Å². The van der Waals surface area contributed by atoms with Gasteiger partial charge in [0.2, 0.25) is 11.6 Å². The first-order chi connectivity index (χ1) is 7.77. The fourth-order valence-corrected chi connectivity index (χ4v) is 2.37. The number of carbonyl (C=O) groups is 2. The van der Waals surface area contributed by atoms with Crippen molar-refractivity contribution >= 4 is 17.1 Å². The van der Waals surface area contributed by atoms with E-state index >= 15 is 0 Å². The van der Waals surface area contributed by atoms with E-state index in [2.05, 4.69) is 6.07 Å². The summed E-state index contributed by atoms with van der Waals surface area (Å²) in [4.78, 5) is 23.0. The second-order valence-corrected chi connectivity index (χ2v) is 4.08. The van der Waals surface area contributed by atoms with Gasteiger partial charge in [-0.2, -0.15) is 0 Å². The average Bonchev–Trinajstić information content (AvgIpc) is 2.33. The van der Waals surface area contributed by atoms with Gasteiger partial charge >= 0.3 is 0 Å². The topological polar surface area (TPSA) is 34.1 Å². The fraction of sp³-hybridized carbons (Fsp3) is 0.143. The van der Waals surface area contributed by atoms with Gasteiger partial charge in [-0.3, -0.25) is 9.59 Å². The summed E-state index contributed by atoms with van der Waals surface area (Å²) in [6.07, 6.45) is 4.68. The predicted molar refractivity (Wildman–Crippen MR) is 60.8 cm³/mol. The third-order valence-corrected chi connectivity index (χ3v) is 3.18. The third-order valence-electron chi connectivity index (χ3n) is 3.18. The number of Topliss-reactive ketones (excluding diaryl/α,β-unsaturated/α-hetero) is 1. The number of carbonyl (C=O) groups excluding carboxylic acids is 2. The first-order valence-electron chi connectivity index (χ1n) is 5.35. The number of rotatable bonds is 0. The first kappa shape index (κ1) is 9.28. The number of aryl methyl sites for hydroxylation is 1. The fourth-order valence-electron chi connectivity index (χ4n) is 2.37. The van der Waals surface area contributed by atoms with Crippen LogP contribution in [0.1, 0.15) is 17.5 Å². The Bertz CT molecular complexity index is 562. The van der Waals surface area contributed by atoms with Gasteiger partial charge in [0, 0.05) is 5.57 Å². The lowest BCUT2D eigenvalue weighted by Gasteiger charge is -2.22. The molecule has 0 aliphatic heterocycles. The normalized spacial score (nSPS) is 18.5. The Morgan fingerprint density at radius 2 is 1.75 bits per heavy atom. The summed E-state index contributed by atoms with van der Waals surface area (Å²) in [6.45, 7) is 0. The van der Waals surface area contributed by atoms with Crippen LogP contribution in [-0.2, 0) is 16.0 Å². The Morgan fingerprint density at radius 3 is 2.62 bits per heavy atom. The van der Waals surface area contributed by atoms with E-state index in [9.17, 15) is 9.59 Å². The van der Waals surface area contributed by atoms with Crippen LogP contribution in [0.3, 0.4) is 0 Å². The summed E-state index contributed by atoms with van der Waals surface area (Å²) >= 11 is 0. The number of allylic oxidation sites excluding steroid dienone is 4. The number of fused-ring (bicyclic) bond motifs is 2. The molecule has 78 valence electrons. The minimum Gasteiger partial charge on any atom is -0.286 e. The Morgan fingerprint density at radius 1 is 0.938 bits per heavy atom. The summed E-state index contributed by atoms with van der Waals surface area (Å²) < 4.78 is 0. The van der Waals surface area contributed by atoms with Crippen molar-refractivity contribution in [2.45, 2.75) is 12.8 Å². The van der Waals surface area contributed by atoms with Crippen LogP contribution in [0.2, 0.25) is 0 Å². The van der Waals surface area contributed by atoms with Gasteiger partial charge in [0.05, 0.1) is 0 Å². The minimum absolute atomic E-state index is 0.327. The molecule has 0 saturated carbocycles. The highest BCUT2D eigenvalue weighted by Gasteiger charge is 2.27. The van der Waals surface area contributed by atoms with Crippen molar-refractivity contribution in [3.8, 4) is 0 Å². The Hall–Kier alpha value is -1.96. The third kappa shape index (κ3) is 1.20. The summed E-state index contributed by atoms with van der Waals surface area (Å²) in [5.41, 5.74) is 3.98. The SMILES string of the molecule is O=C1C=CC2=C(CCc3ccccc32)C1=O. The van der Waals surface area contributed by atoms with E-state index in [0.717, 1.165) is 17.6 Å². The Balaban J connectivity index is 2.23. The lowest BCUT2D eigenvalue weighted by Crippen LogP contribution is -2.21. The summed E-state index contributed by atoms with van der Waals surface area (Å²) in [5, 5.41) is 0. The summed E-state index contributed by atoms with van der Waals surface area (Å²) in [5.74, 6) is -0.717. The van der Waals surface area contributed by atoms with E-state index < -0.39 is 5.78 Å². The smallest absolute Gasteiger partial charge is 0.229 e. The molecule has 0 heterocycles. The number of hydrogen-bond acceptors (Lipinski definition) is 2. The highest BCUT2D eigenvalue weighted by molar-refractivity contribution is 6.50. The molecule has 2 aliphatic rings. The molecule has 0 spiro atoms. The highest BCUT2D eigenvalue weighted by atomic mass is 16.2. The molecule has 3 rings (SSSR count). The van der Waals surface area contributed by atoms with E-state index in [4.69, 9.17) is 0 Å². The first-order valence-corrected chi connectivity index (χ1v) is 5.35. The van der Waals surface area contributed by atoms with Crippen molar-refractivity contribution in [2.24, 2.45) is 0 Å². The van der Waals surface area contributed by atoms with Gasteiger partial charge in [-0.15, -0.1) is 0 Å². The maximum absolute atomic E-state index is 11.7. The van der Waals surface area contributed by atoms with Gasteiger partial charge in [0.15, 0.2) is 0 Å². The molecule has 0 saturated heterocycles. The van der Waals surface area contributed by atoms with Gasteiger partial charge in [-0.25, -0.2) is 0 Å². The van der Waals surface area contributed by atoms with Crippen LogP contribution in [0.15, 0.2) is 42.0 Å². The molecule has 1 aromatic carbocycles. The zero-order valence-electron chi connectivity index (χ0n) is 8.69. The Kier molecular flexibility index (Phi) is 1.90. The molecule has 2 aliphatic carbocycles. The number of hydrogen-bond donors (Lipinski definition) is 0. The van der Waals surface area contributed by atoms with Gasteiger partial charge in [-0.1, -0.05) is 24.3 Å². The van der Waals surface area contributed by atoms with Crippen molar-refractivity contribution in [1.29, 1.82) is 0 Å². The molecule has 0 fully saturated rings. The molecule has 0 unspecified atom stereocenters. The minimum atomic E-state index is -0.391. The molecular weight excluding hydrogens is 200 g/mol. The Labute approximate surface area is 93.3 Å². The zero-order chi connectivity index (χ0) is 11.1. The largest absolute Gasteiger partial charge is 0.286 e. The molecule has 16 heavy (non-hydrogen) atoms. The van der Waals surface area contributed by atoms with Crippen LogP contribution in [0.4, 0.5) is 0 Å². The van der Waals surface area contributed by atoms with Crippen LogP contribution in [0.5, 0.6) is 0 Å². The summed E-state index contributed by atoms with van der Waals surface area (Å²) in [6, 6.07) is 8.05. The second-order valence-electron chi connectivity index (χ2n) is 4.08. The number of ketones is 2. The van der Waals surface area contributed by atoms with Gasteiger partial charge in [0.25, 0.3) is 0 Å². The van der Waals surface area contributed by atoms with Gasteiger partial charge in [0.1, 0.15) is 0 Å². The molecule has 0 atom stereocenters. The predicted octanol–water partition coefficient (Wildman–Crippen LogP) is 2.09. The molecule has 0 radical (unpaired) electrons. The monoisotopic (exact) mass is 210 g/mol. The maximum Gasteiger partial charge on any atom is 0.229 e. The van der Waals surface area contributed by atoms with Crippen molar-refractivity contribution in [2.75, 3.05) is 0 Å². The lowest BCUT2D eigenvalue weighted by atomic mass is 9.80. The molecule has 2 heteroatoms. The zero-order valence-corrected chi connectivity index (χ0v) is 8.69. The summed E-state index contributed by atoms with van der Waals surface area (Å²) in [7, 11) is 0. The van der Waals surface area contributed by atoms with Crippen molar-refractivity contribution in [3.63, 3.8) is 0 Å². The van der Waals surface area contributed by atoms with E-state index in [1.165, 1.54) is 11.6 Å². The van der Waals surface area contributed by atoms with Crippen molar-refractivity contribution in [3.05, 3.63) is 53.1 Å².